The summed E-state index contributed by atoms with van der Waals surface area (Å²) in [6.45, 7) is 6.11. The van der Waals surface area contributed by atoms with E-state index in [0.29, 0.717) is 37.3 Å². The molecule has 1 fully saturated rings. The molecule has 3 rings (SSSR count). The highest BCUT2D eigenvalue weighted by molar-refractivity contribution is 7.89. The zero-order valence-electron chi connectivity index (χ0n) is 16.9. The van der Waals surface area contributed by atoms with E-state index >= 15 is 0 Å². The number of nitrogens with zero attached hydrogens (tertiary/aromatic N) is 2. The van der Waals surface area contributed by atoms with Crippen LogP contribution in [0.25, 0.3) is 0 Å². The van der Waals surface area contributed by atoms with E-state index in [-0.39, 0.29) is 16.3 Å². The van der Waals surface area contributed by atoms with Gasteiger partial charge in [-0.05, 0) is 50.2 Å². The monoisotopic (exact) mass is 437 g/mol. The molecule has 9 heteroatoms. The Morgan fingerprint density at radius 2 is 1.52 bits per heavy atom. The summed E-state index contributed by atoms with van der Waals surface area (Å²) >= 11 is 0. The van der Waals surface area contributed by atoms with Gasteiger partial charge in [0.25, 0.3) is 0 Å². The van der Waals surface area contributed by atoms with Crippen LogP contribution in [-0.4, -0.2) is 59.3 Å². The maximum Gasteiger partial charge on any atom is 0.243 e. The Hall–Kier alpha value is -1.78. The molecule has 1 N–H and O–H groups in total. The molecule has 29 heavy (non-hydrogen) atoms. The van der Waals surface area contributed by atoms with Gasteiger partial charge in [0.15, 0.2) is 0 Å². The Morgan fingerprint density at radius 3 is 2.10 bits per heavy atom. The summed E-state index contributed by atoms with van der Waals surface area (Å²) in [6, 6.07) is 11.6. The number of aryl methyl sites for hydroxylation is 2. The molecule has 0 spiro atoms. The molecule has 158 valence electrons. The third-order valence-electron chi connectivity index (χ3n) is 5.11. The predicted octanol–water partition coefficient (Wildman–Crippen LogP) is 1.72. The van der Waals surface area contributed by atoms with Crippen molar-refractivity contribution < 1.29 is 16.8 Å². The molecule has 1 aliphatic rings. The molecule has 1 aliphatic heterocycles. The second-order valence-corrected chi connectivity index (χ2v) is 11.1. The number of nitrogens with one attached hydrogen (secondary N) is 1. The normalized spacial score (nSPS) is 16.8. The van der Waals surface area contributed by atoms with Crippen molar-refractivity contribution in [1.29, 1.82) is 0 Å². The Bertz CT molecular complexity index is 1070. The average molecular weight is 438 g/mol. The molecule has 7 nitrogen and oxygen atoms in total. The zero-order valence-corrected chi connectivity index (χ0v) is 18.6. The summed E-state index contributed by atoms with van der Waals surface area (Å²) < 4.78 is 54.8. The zero-order chi connectivity index (χ0) is 21.2. The first-order chi connectivity index (χ1) is 13.6. The third-order valence-corrected chi connectivity index (χ3v) is 8.58. The van der Waals surface area contributed by atoms with Gasteiger partial charge in [0.05, 0.1) is 9.79 Å². The molecule has 0 atom stereocenters. The van der Waals surface area contributed by atoms with Gasteiger partial charge in [0.2, 0.25) is 20.0 Å². The standard InChI is InChI=1S/C20H27N3O4S2/c1-16-4-9-20(17(2)14-16)28(24,25)21-15-18-5-7-19(8-6-18)29(26,27)23-12-10-22(3)11-13-23/h4-9,14,21H,10-13,15H2,1-3H3. The van der Waals surface area contributed by atoms with Crippen molar-refractivity contribution in [1.82, 2.24) is 13.9 Å². The SMILES string of the molecule is Cc1ccc(S(=O)(=O)NCc2ccc(S(=O)(=O)N3CCN(C)CC3)cc2)c(C)c1. The fourth-order valence-corrected chi connectivity index (χ4v) is 5.98. The molecule has 0 saturated carbocycles. The van der Waals surface area contributed by atoms with E-state index in [1.165, 1.54) is 16.4 Å². The molecular formula is C20H27N3O4S2. The Balaban J connectivity index is 1.69. The van der Waals surface area contributed by atoms with Crippen LogP contribution in [0.3, 0.4) is 0 Å². The van der Waals surface area contributed by atoms with Crippen LogP contribution in [0.4, 0.5) is 0 Å². The first-order valence-corrected chi connectivity index (χ1v) is 12.4. The predicted molar refractivity (Wildman–Crippen MR) is 113 cm³/mol. The van der Waals surface area contributed by atoms with Crippen molar-refractivity contribution in [2.24, 2.45) is 0 Å². The second-order valence-electron chi connectivity index (χ2n) is 7.44. The summed E-state index contributed by atoms with van der Waals surface area (Å²) in [5.41, 5.74) is 2.38. The Morgan fingerprint density at radius 1 is 0.897 bits per heavy atom. The van der Waals surface area contributed by atoms with Crippen LogP contribution in [0.15, 0.2) is 52.3 Å². The number of rotatable bonds is 6. The van der Waals surface area contributed by atoms with Crippen LogP contribution in [0.1, 0.15) is 16.7 Å². The smallest absolute Gasteiger partial charge is 0.243 e. The van der Waals surface area contributed by atoms with Gasteiger partial charge in [-0.1, -0.05) is 29.8 Å². The van der Waals surface area contributed by atoms with E-state index in [9.17, 15) is 16.8 Å². The molecule has 0 amide bonds. The summed E-state index contributed by atoms with van der Waals surface area (Å²) in [5, 5.41) is 0. The van der Waals surface area contributed by atoms with Gasteiger partial charge in [0, 0.05) is 32.7 Å². The summed E-state index contributed by atoms with van der Waals surface area (Å²) in [4.78, 5) is 2.57. The molecular weight excluding hydrogens is 410 g/mol. The lowest BCUT2D eigenvalue weighted by atomic mass is 10.2. The maximum atomic E-state index is 12.8. The minimum Gasteiger partial charge on any atom is -0.304 e. The van der Waals surface area contributed by atoms with Crippen molar-refractivity contribution in [3.63, 3.8) is 0 Å². The highest BCUT2D eigenvalue weighted by Crippen LogP contribution is 2.19. The lowest BCUT2D eigenvalue weighted by Gasteiger charge is -2.31. The summed E-state index contributed by atoms with van der Waals surface area (Å²) in [6.07, 6.45) is 0. The lowest BCUT2D eigenvalue weighted by Crippen LogP contribution is -2.47. The van der Waals surface area contributed by atoms with E-state index in [1.54, 1.807) is 31.2 Å². The van der Waals surface area contributed by atoms with Crippen LogP contribution >= 0.6 is 0 Å². The molecule has 0 unspecified atom stereocenters. The first-order valence-electron chi connectivity index (χ1n) is 9.44. The third kappa shape index (κ3) is 5.04. The Labute approximate surface area is 173 Å². The van der Waals surface area contributed by atoms with Crippen LogP contribution in [0, 0.1) is 13.8 Å². The van der Waals surface area contributed by atoms with Crippen molar-refractivity contribution in [3.8, 4) is 0 Å². The minimum absolute atomic E-state index is 0.0878. The topological polar surface area (TPSA) is 86.8 Å². The van der Waals surface area contributed by atoms with Gasteiger partial charge >= 0.3 is 0 Å². The van der Waals surface area contributed by atoms with Gasteiger partial charge in [0.1, 0.15) is 0 Å². The van der Waals surface area contributed by atoms with E-state index in [1.807, 2.05) is 20.0 Å². The fourth-order valence-electron chi connectivity index (χ4n) is 3.31. The number of hydrogen-bond donors (Lipinski definition) is 1. The highest BCUT2D eigenvalue weighted by Gasteiger charge is 2.27. The maximum absolute atomic E-state index is 12.8. The van der Waals surface area contributed by atoms with Gasteiger partial charge in [-0.15, -0.1) is 0 Å². The van der Waals surface area contributed by atoms with Gasteiger partial charge < -0.3 is 4.90 Å². The van der Waals surface area contributed by atoms with Crippen molar-refractivity contribution >= 4 is 20.0 Å². The number of benzene rings is 2. The van der Waals surface area contributed by atoms with E-state index in [0.717, 1.165) is 5.56 Å². The summed E-state index contributed by atoms with van der Waals surface area (Å²) in [5.74, 6) is 0. The molecule has 2 aromatic rings. The van der Waals surface area contributed by atoms with Gasteiger partial charge in [-0.2, -0.15) is 4.31 Å². The quantitative estimate of drug-likeness (QED) is 0.744. The van der Waals surface area contributed by atoms with Crippen LogP contribution in [0.2, 0.25) is 0 Å². The van der Waals surface area contributed by atoms with Gasteiger partial charge in [-0.3, -0.25) is 0 Å². The molecule has 1 heterocycles. The van der Waals surface area contributed by atoms with E-state index in [2.05, 4.69) is 9.62 Å². The van der Waals surface area contributed by atoms with Crippen molar-refractivity contribution in [3.05, 3.63) is 59.2 Å². The molecule has 0 aromatic heterocycles. The number of piperazine rings is 1. The van der Waals surface area contributed by atoms with Crippen LogP contribution < -0.4 is 4.72 Å². The molecule has 0 bridgehead atoms. The molecule has 1 saturated heterocycles. The number of likely N-dealkylation sites (N-methyl/N-ethyl adjacent to an activating group) is 1. The number of hydrogen-bond acceptors (Lipinski definition) is 5. The largest absolute Gasteiger partial charge is 0.304 e. The average Bonchev–Trinajstić information content (AvgIpc) is 2.67. The lowest BCUT2D eigenvalue weighted by molar-refractivity contribution is 0.222. The molecule has 0 radical (unpaired) electrons. The van der Waals surface area contributed by atoms with Crippen molar-refractivity contribution in [2.75, 3.05) is 33.2 Å². The van der Waals surface area contributed by atoms with Crippen LogP contribution in [0.5, 0.6) is 0 Å². The minimum atomic E-state index is -3.65. The fraction of sp³-hybridized carbons (Fsp3) is 0.400. The van der Waals surface area contributed by atoms with Gasteiger partial charge in [-0.25, -0.2) is 21.6 Å². The summed E-state index contributed by atoms with van der Waals surface area (Å²) in [7, 11) is -5.21. The van der Waals surface area contributed by atoms with Crippen LogP contribution in [-0.2, 0) is 26.6 Å². The Kier molecular flexibility index (Phi) is 6.45. The first kappa shape index (κ1) is 21.9. The highest BCUT2D eigenvalue weighted by atomic mass is 32.2. The second kappa shape index (κ2) is 8.53. The van der Waals surface area contributed by atoms with E-state index in [4.69, 9.17) is 0 Å². The molecule has 2 aromatic carbocycles. The molecule has 0 aliphatic carbocycles. The number of sulfonamides is 2. The van der Waals surface area contributed by atoms with Crippen molar-refractivity contribution in [2.45, 2.75) is 30.2 Å². The van der Waals surface area contributed by atoms with E-state index < -0.39 is 20.0 Å².